The smallest absolute Gasteiger partial charge is 0.257 e. The van der Waals surface area contributed by atoms with Crippen molar-refractivity contribution in [3.8, 4) is 0 Å². The highest BCUT2D eigenvalue weighted by atomic mass is 35.5. The number of carbonyl (C=O) groups excluding carboxylic acids is 1. The molecule has 6 nitrogen and oxygen atoms in total. The lowest BCUT2D eigenvalue weighted by Gasteiger charge is -2.26. The Labute approximate surface area is 179 Å². The number of amidine groups is 1. The fraction of sp³-hybridized carbons (Fsp3) is 0.300. The Kier molecular flexibility index (Phi) is 5.96. The summed E-state index contributed by atoms with van der Waals surface area (Å²) in [6, 6.07) is 11.8. The highest BCUT2D eigenvalue weighted by Gasteiger charge is 2.28. The molecule has 4 rings (SSSR count). The van der Waals surface area contributed by atoms with Gasteiger partial charge >= 0.3 is 0 Å². The van der Waals surface area contributed by atoms with Gasteiger partial charge in [0.25, 0.3) is 5.91 Å². The van der Waals surface area contributed by atoms with E-state index >= 15 is 0 Å². The SMILES string of the molecule is O=C(NC1=NCCS1)c1ccc(Cl)c(S(=O)(=O)N[C@H]2CCCc3ccccc32)c1. The molecule has 0 aromatic heterocycles. The molecule has 0 bridgehead atoms. The van der Waals surface area contributed by atoms with Gasteiger partial charge in [0, 0.05) is 17.4 Å². The van der Waals surface area contributed by atoms with Crippen LogP contribution in [0, 0.1) is 0 Å². The number of hydrogen-bond donors (Lipinski definition) is 2. The number of fused-ring (bicyclic) bond motifs is 1. The lowest BCUT2D eigenvalue weighted by molar-refractivity contribution is 0.0978. The molecule has 0 fully saturated rings. The summed E-state index contributed by atoms with van der Waals surface area (Å²) in [4.78, 5) is 16.6. The highest BCUT2D eigenvalue weighted by Crippen LogP contribution is 2.32. The molecule has 1 aliphatic carbocycles. The van der Waals surface area contributed by atoms with Crippen LogP contribution in [0.2, 0.25) is 5.02 Å². The molecule has 2 aromatic carbocycles. The standard InChI is InChI=1S/C20H20ClN3O3S2/c21-16-9-8-14(19(25)23-20-22-10-11-28-20)12-18(16)29(26,27)24-17-7-3-5-13-4-1-2-6-15(13)17/h1-2,4,6,8-9,12,17,24H,3,5,7,10-11H2,(H,22,23,25)/t17-/m0/s1. The first kappa shape index (κ1) is 20.4. The van der Waals surface area contributed by atoms with Gasteiger partial charge in [0.15, 0.2) is 5.17 Å². The minimum absolute atomic E-state index is 0.0747. The van der Waals surface area contributed by atoms with Crippen molar-refractivity contribution < 1.29 is 13.2 Å². The van der Waals surface area contributed by atoms with Crippen molar-refractivity contribution in [2.24, 2.45) is 4.99 Å². The monoisotopic (exact) mass is 449 g/mol. The molecule has 1 heterocycles. The minimum atomic E-state index is -3.91. The van der Waals surface area contributed by atoms with Gasteiger partial charge in [-0.05, 0) is 48.6 Å². The number of carbonyl (C=O) groups is 1. The third-order valence-electron chi connectivity index (χ3n) is 4.96. The van der Waals surface area contributed by atoms with Gasteiger partial charge in [-0.15, -0.1) is 0 Å². The predicted molar refractivity (Wildman–Crippen MR) is 116 cm³/mol. The van der Waals surface area contributed by atoms with Gasteiger partial charge in [-0.2, -0.15) is 0 Å². The van der Waals surface area contributed by atoms with E-state index in [2.05, 4.69) is 15.0 Å². The van der Waals surface area contributed by atoms with Crippen LogP contribution in [-0.4, -0.2) is 31.8 Å². The molecule has 9 heteroatoms. The van der Waals surface area contributed by atoms with Crippen LogP contribution < -0.4 is 10.0 Å². The van der Waals surface area contributed by atoms with Crippen molar-refractivity contribution in [1.29, 1.82) is 0 Å². The van der Waals surface area contributed by atoms with E-state index in [-0.39, 0.29) is 21.5 Å². The summed E-state index contributed by atoms with van der Waals surface area (Å²) in [7, 11) is -3.91. The van der Waals surface area contributed by atoms with Gasteiger partial charge in [0.05, 0.1) is 11.6 Å². The zero-order valence-corrected chi connectivity index (χ0v) is 17.9. The number of rotatable bonds is 4. The fourth-order valence-corrected chi connectivity index (χ4v) is 6.06. The molecule has 0 unspecified atom stereocenters. The maximum Gasteiger partial charge on any atom is 0.257 e. The van der Waals surface area contributed by atoms with E-state index in [0.29, 0.717) is 18.1 Å². The molecular weight excluding hydrogens is 430 g/mol. The van der Waals surface area contributed by atoms with Crippen LogP contribution in [0.5, 0.6) is 0 Å². The number of thioether (sulfide) groups is 1. The number of halogens is 1. The Morgan fingerprint density at radius 3 is 2.83 bits per heavy atom. The second-order valence-electron chi connectivity index (χ2n) is 6.90. The average molecular weight is 450 g/mol. The van der Waals surface area contributed by atoms with Crippen molar-refractivity contribution in [3.05, 3.63) is 64.2 Å². The number of benzene rings is 2. The molecule has 152 valence electrons. The third kappa shape index (κ3) is 4.50. The lowest BCUT2D eigenvalue weighted by atomic mass is 9.88. The summed E-state index contributed by atoms with van der Waals surface area (Å²) in [5, 5.41) is 3.33. The highest BCUT2D eigenvalue weighted by molar-refractivity contribution is 8.14. The first-order valence-corrected chi connectivity index (χ1v) is 12.2. The van der Waals surface area contributed by atoms with E-state index in [4.69, 9.17) is 11.6 Å². The summed E-state index contributed by atoms with van der Waals surface area (Å²) in [5.41, 5.74) is 2.36. The van der Waals surface area contributed by atoms with Gasteiger partial charge < -0.3 is 5.32 Å². The number of aryl methyl sites for hydroxylation is 1. The summed E-state index contributed by atoms with van der Waals surface area (Å²) in [6.07, 6.45) is 2.55. The number of aliphatic imine (C=N–C) groups is 1. The molecule has 2 aromatic rings. The van der Waals surface area contributed by atoms with Crippen molar-refractivity contribution >= 4 is 44.5 Å². The summed E-state index contributed by atoms with van der Waals surface area (Å²) in [6.45, 7) is 0.660. The average Bonchev–Trinajstić information content (AvgIpc) is 3.21. The number of nitrogens with one attached hydrogen (secondary N) is 2. The van der Waals surface area contributed by atoms with Crippen LogP contribution in [0.15, 0.2) is 52.4 Å². The van der Waals surface area contributed by atoms with E-state index in [1.54, 1.807) is 0 Å². The van der Waals surface area contributed by atoms with Crippen molar-refractivity contribution in [2.45, 2.75) is 30.2 Å². The van der Waals surface area contributed by atoms with Gasteiger partial charge in [0.2, 0.25) is 10.0 Å². The van der Waals surface area contributed by atoms with Crippen molar-refractivity contribution in [2.75, 3.05) is 12.3 Å². The zero-order chi connectivity index (χ0) is 20.4. The second kappa shape index (κ2) is 8.47. The Morgan fingerprint density at radius 2 is 2.03 bits per heavy atom. The third-order valence-corrected chi connectivity index (χ3v) is 7.80. The number of sulfonamides is 1. The van der Waals surface area contributed by atoms with E-state index in [1.807, 2.05) is 24.3 Å². The molecule has 0 saturated carbocycles. The molecule has 2 N–H and O–H groups in total. The van der Waals surface area contributed by atoms with Gasteiger partial charge in [-0.25, -0.2) is 13.1 Å². The maximum absolute atomic E-state index is 13.1. The lowest BCUT2D eigenvalue weighted by Crippen LogP contribution is -2.32. The topological polar surface area (TPSA) is 87.6 Å². The molecule has 1 aliphatic heterocycles. The summed E-state index contributed by atoms with van der Waals surface area (Å²) in [5.74, 6) is 0.414. The van der Waals surface area contributed by atoms with E-state index in [0.717, 1.165) is 29.7 Å². The van der Waals surface area contributed by atoms with Crippen LogP contribution in [0.25, 0.3) is 0 Å². The van der Waals surface area contributed by atoms with Gasteiger partial charge in [-0.3, -0.25) is 9.79 Å². The van der Waals surface area contributed by atoms with Crippen LogP contribution >= 0.6 is 23.4 Å². The van der Waals surface area contributed by atoms with E-state index in [9.17, 15) is 13.2 Å². The molecule has 0 radical (unpaired) electrons. The van der Waals surface area contributed by atoms with Crippen LogP contribution in [0.4, 0.5) is 0 Å². The predicted octanol–water partition coefficient (Wildman–Crippen LogP) is 3.53. The normalized spacial score (nSPS) is 18.8. The molecule has 1 amide bonds. The molecule has 29 heavy (non-hydrogen) atoms. The number of hydrogen-bond acceptors (Lipinski definition) is 5. The van der Waals surface area contributed by atoms with Crippen LogP contribution in [0.1, 0.15) is 40.4 Å². The Hall–Kier alpha value is -1.87. The van der Waals surface area contributed by atoms with Crippen molar-refractivity contribution in [3.63, 3.8) is 0 Å². The Morgan fingerprint density at radius 1 is 1.21 bits per heavy atom. The number of nitrogens with zero attached hydrogens (tertiary/aromatic N) is 1. The molecular formula is C20H20ClN3O3S2. The summed E-state index contributed by atoms with van der Waals surface area (Å²) >= 11 is 7.65. The van der Waals surface area contributed by atoms with Crippen LogP contribution in [0.3, 0.4) is 0 Å². The molecule has 1 atom stereocenters. The Bertz CT molecular complexity index is 1090. The molecule has 2 aliphatic rings. The van der Waals surface area contributed by atoms with Gasteiger partial charge in [0.1, 0.15) is 4.90 Å². The first-order chi connectivity index (χ1) is 13.9. The molecule has 0 saturated heterocycles. The molecule has 0 spiro atoms. The Balaban J connectivity index is 1.59. The minimum Gasteiger partial charge on any atom is -0.301 e. The van der Waals surface area contributed by atoms with Crippen LogP contribution in [-0.2, 0) is 16.4 Å². The first-order valence-electron chi connectivity index (χ1n) is 9.32. The summed E-state index contributed by atoms with van der Waals surface area (Å²) < 4.78 is 29.0. The quantitative estimate of drug-likeness (QED) is 0.747. The number of amides is 1. The zero-order valence-electron chi connectivity index (χ0n) is 15.5. The van der Waals surface area contributed by atoms with E-state index in [1.165, 1.54) is 30.0 Å². The largest absolute Gasteiger partial charge is 0.301 e. The maximum atomic E-state index is 13.1. The van der Waals surface area contributed by atoms with E-state index < -0.39 is 15.9 Å². The van der Waals surface area contributed by atoms with Gasteiger partial charge in [-0.1, -0.05) is 47.6 Å². The second-order valence-corrected chi connectivity index (χ2v) is 10.1. The van der Waals surface area contributed by atoms with Crippen molar-refractivity contribution in [1.82, 2.24) is 10.0 Å². The fourth-order valence-electron chi connectivity index (χ4n) is 3.56.